The van der Waals surface area contributed by atoms with E-state index in [1.54, 1.807) is 7.11 Å². The summed E-state index contributed by atoms with van der Waals surface area (Å²) in [5, 5.41) is 0. The highest BCUT2D eigenvalue weighted by atomic mass is 32.1. The summed E-state index contributed by atoms with van der Waals surface area (Å²) in [4.78, 5) is 5.29. The smallest absolute Gasteiger partial charge is 0.126 e. The van der Waals surface area contributed by atoms with Gasteiger partial charge in [0.05, 0.1) is 25.4 Å². The molecule has 4 nitrogen and oxygen atoms in total. The molecule has 0 fully saturated rings. The fourth-order valence-electron chi connectivity index (χ4n) is 8.41. The molecular weight excluding hydrogens is 769 g/mol. The first-order valence-electron chi connectivity index (χ1n) is 22.1. The Kier molecular flexibility index (Phi) is 14.2. The van der Waals surface area contributed by atoms with Crippen LogP contribution in [-0.4, -0.2) is 22.5 Å². The van der Waals surface area contributed by atoms with Gasteiger partial charge in [0.15, 0.2) is 0 Å². The van der Waals surface area contributed by atoms with Gasteiger partial charge < -0.3 is 9.47 Å². The normalized spacial score (nSPS) is 16.7. The molecule has 5 aromatic rings. The summed E-state index contributed by atoms with van der Waals surface area (Å²) in [6, 6.07) is 15.9. The number of hydrogen-bond acceptors (Lipinski definition) is 7. The van der Waals surface area contributed by atoms with Gasteiger partial charge in [-0.2, -0.15) is 8.75 Å². The molecule has 2 unspecified atom stereocenters. The first kappa shape index (κ1) is 44.3. The zero-order valence-electron chi connectivity index (χ0n) is 37.3. The maximum Gasteiger partial charge on any atom is 0.126 e. The van der Waals surface area contributed by atoms with Crippen LogP contribution in [0, 0.1) is 10.8 Å². The van der Waals surface area contributed by atoms with E-state index in [4.69, 9.17) is 18.2 Å². The fourth-order valence-corrected chi connectivity index (χ4v) is 11.5. The number of rotatable bonds is 22. The molecule has 7 heteroatoms. The maximum atomic E-state index is 6.61. The van der Waals surface area contributed by atoms with E-state index in [1.165, 1.54) is 85.6 Å². The van der Waals surface area contributed by atoms with E-state index in [1.807, 2.05) is 22.7 Å². The molecule has 3 aromatic heterocycles. The van der Waals surface area contributed by atoms with E-state index in [0.29, 0.717) is 0 Å². The van der Waals surface area contributed by atoms with Crippen LogP contribution in [0.25, 0.3) is 44.1 Å². The van der Waals surface area contributed by atoms with Crippen LogP contribution in [0.2, 0.25) is 0 Å². The zero-order valence-corrected chi connectivity index (χ0v) is 39.7. The summed E-state index contributed by atoms with van der Waals surface area (Å²) in [7, 11) is 1.80. The van der Waals surface area contributed by atoms with Crippen molar-refractivity contribution >= 4 is 57.6 Å². The summed E-state index contributed by atoms with van der Waals surface area (Å²) in [5.74, 6) is 1.91. The van der Waals surface area contributed by atoms with E-state index >= 15 is 0 Å². The minimum Gasteiger partial charge on any atom is -0.496 e. The highest BCUT2D eigenvalue weighted by molar-refractivity contribution is 7.17. The monoisotopic (exact) mass is 836 g/mol. The van der Waals surface area contributed by atoms with Crippen LogP contribution < -0.4 is 9.47 Å². The lowest BCUT2D eigenvalue weighted by Crippen LogP contribution is -2.29. The average Bonchev–Trinajstić information content (AvgIpc) is 3.82. The molecule has 0 saturated carbocycles. The van der Waals surface area contributed by atoms with Gasteiger partial charge >= 0.3 is 0 Å². The maximum absolute atomic E-state index is 6.61. The lowest BCUT2D eigenvalue weighted by Gasteiger charge is -2.34. The lowest BCUT2D eigenvalue weighted by molar-refractivity contribution is 0.290. The van der Waals surface area contributed by atoms with Crippen LogP contribution in [0.4, 0.5) is 0 Å². The number of aromatic nitrogens is 2. The van der Waals surface area contributed by atoms with E-state index in [2.05, 4.69) is 136 Å². The molecular formula is C51H68N2O2S3. The van der Waals surface area contributed by atoms with Gasteiger partial charge in [-0.05, 0) is 91.8 Å². The van der Waals surface area contributed by atoms with E-state index in [9.17, 15) is 0 Å². The summed E-state index contributed by atoms with van der Waals surface area (Å²) >= 11 is 5.09. The molecule has 0 saturated heterocycles. The number of unbranched alkanes of at least 4 members (excludes halogenated alkanes) is 5. The summed E-state index contributed by atoms with van der Waals surface area (Å²) in [6.07, 6.45) is 22.5. The summed E-state index contributed by atoms with van der Waals surface area (Å²) in [5.41, 5.74) is 8.27. The largest absolute Gasteiger partial charge is 0.496 e. The minimum atomic E-state index is -0.0638. The summed E-state index contributed by atoms with van der Waals surface area (Å²) in [6.45, 7) is 24.0. The quantitative estimate of drug-likeness (QED) is 0.0652. The SMILES string of the molecule is CCCCCCCCOc1cc(/C=C/C(C)(CCC)C2(C)c3cc(-c4ccc(-c5ccc(/C=C/C(C)(CC)CC)s5)c5nsnc45)sc32)c(OC)cc1C(C)(C)CC. The van der Waals surface area contributed by atoms with Crippen molar-refractivity contribution in [1.82, 2.24) is 8.75 Å². The van der Waals surface area contributed by atoms with Crippen LogP contribution in [0.1, 0.15) is 166 Å². The number of fused-ring (bicyclic) bond motifs is 2. The molecule has 58 heavy (non-hydrogen) atoms. The average molecular weight is 837 g/mol. The lowest BCUT2D eigenvalue weighted by atomic mass is 9.69. The van der Waals surface area contributed by atoms with Crippen molar-refractivity contribution in [1.29, 1.82) is 0 Å². The second-order valence-corrected chi connectivity index (χ2v) is 20.6. The summed E-state index contributed by atoms with van der Waals surface area (Å²) < 4.78 is 22.4. The number of hydrogen-bond donors (Lipinski definition) is 0. The number of thiophene rings is 2. The molecule has 6 rings (SSSR count). The third-order valence-corrected chi connectivity index (χ3v) is 16.7. The molecule has 0 radical (unpaired) electrons. The highest BCUT2D eigenvalue weighted by Gasteiger charge is 2.59. The molecule has 0 N–H and O–H groups in total. The van der Waals surface area contributed by atoms with Crippen molar-refractivity contribution in [2.75, 3.05) is 13.7 Å². The van der Waals surface area contributed by atoms with Crippen molar-refractivity contribution in [3.05, 3.63) is 81.1 Å². The molecule has 0 spiro atoms. The van der Waals surface area contributed by atoms with Crippen LogP contribution in [0.3, 0.4) is 0 Å². The minimum absolute atomic E-state index is 0.0198. The van der Waals surface area contributed by atoms with E-state index in [0.717, 1.165) is 73.2 Å². The van der Waals surface area contributed by atoms with Crippen LogP contribution in [-0.2, 0) is 10.8 Å². The fraction of sp³-hybridized carbons (Fsp3) is 0.529. The molecule has 312 valence electrons. The first-order chi connectivity index (χ1) is 27.8. The number of methoxy groups -OCH3 is 1. The Morgan fingerprint density at radius 2 is 1.40 bits per heavy atom. The van der Waals surface area contributed by atoms with Crippen molar-refractivity contribution in [2.24, 2.45) is 10.8 Å². The van der Waals surface area contributed by atoms with Crippen LogP contribution in [0.5, 0.6) is 11.5 Å². The van der Waals surface area contributed by atoms with Crippen molar-refractivity contribution in [3.8, 4) is 32.4 Å². The third-order valence-electron chi connectivity index (χ3n) is 13.7. The van der Waals surface area contributed by atoms with Crippen LogP contribution in [0.15, 0.2) is 54.6 Å². The van der Waals surface area contributed by atoms with Gasteiger partial charge in [0.2, 0.25) is 0 Å². The van der Waals surface area contributed by atoms with Crippen molar-refractivity contribution in [2.45, 2.75) is 151 Å². The van der Waals surface area contributed by atoms with Gasteiger partial charge in [0.25, 0.3) is 0 Å². The second kappa shape index (κ2) is 18.6. The Bertz CT molecular complexity index is 2190. The van der Waals surface area contributed by atoms with Gasteiger partial charge in [-0.25, -0.2) is 0 Å². The first-order valence-corrected chi connectivity index (χ1v) is 24.4. The molecule has 2 atom stereocenters. The van der Waals surface area contributed by atoms with Gasteiger partial charge in [0.1, 0.15) is 22.5 Å². The molecule has 0 amide bonds. The second-order valence-electron chi connectivity index (χ2n) is 17.9. The molecule has 0 bridgehead atoms. The molecule has 3 heterocycles. The Morgan fingerprint density at radius 3 is 2.02 bits per heavy atom. The third kappa shape index (κ3) is 8.93. The topological polar surface area (TPSA) is 44.2 Å². The predicted molar refractivity (Wildman–Crippen MR) is 255 cm³/mol. The van der Waals surface area contributed by atoms with Gasteiger partial charge in [-0.3, -0.25) is 0 Å². The molecule has 2 aromatic carbocycles. The number of nitrogens with zero attached hydrogens (tertiary/aromatic N) is 2. The number of ether oxygens (including phenoxy) is 2. The van der Waals surface area contributed by atoms with Crippen molar-refractivity contribution < 1.29 is 9.47 Å². The van der Waals surface area contributed by atoms with Gasteiger partial charge in [-0.15, -0.1) is 22.7 Å². The Labute approximate surface area is 362 Å². The van der Waals surface area contributed by atoms with Gasteiger partial charge in [-0.1, -0.05) is 131 Å². The highest BCUT2D eigenvalue weighted by Crippen LogP contribution is 2.67. The Morgan fingerprint density at radius 1 is 0.707 bits per heavy atom. The Hall–Kier alpha value is -3.26. The van der Waals surface area contributed by atoms with Gasteiger partial charge in [0, 0.05) is 52.6 Å². The molecule has 1 aliphatic rings. The zero-order chi connectivity index (χ0) is 41.7. The van der Waals surface area contributed by atoms with E-state index < -0.39 is 0 Å². The van der Waals surface area contributed by atoms with Crippen molar-refractivity contribution in [3.63, 3.8) is 0 Å². The standard InChI is InChI=1S/C51H68N2O2S3/c1-12-17-18-19-20-21-31-55-42-32-35(41(54-11)33-39(42)48(6,7)14-3)26-30-50(9,28-13-2)51(10)40-34-44(57-47(40)51)38-24-23-37(45-46(38)53-58-52-45)43-25-22-36(56-43)27-29-49(8,15-4)16-5/h22-27,29-30,32-34H,12-21,28,31H2,1-11H3/b29-27+,30-26+. The molecule has 0 aliphatic heterocycles. The number of benzene rings is 2. The van der Waals surface area contributed by atoms with E-state index in [-0.39, 0.29) is 21.7 Å². The Balaban J connectivity index is 1.25. The molecule has 1 aliphatic carbocycles. The number of allylic oxidation sites excluding steroid dienone is 2. The van der Waals surface area contributed by atoms with Crippen LogP contribution >= 0.6 is 34.4 Å². The predicted octanol–water partition coefficient (Wildman–Crippen LogP) is 16.6.